The SMILES string of the molecule is O=C1CC(c2ccc(NCc3cnc(Cl)s3)cc2)C(=O)N1. The minimum absolute atomic E-state index is 0.214. The van der Waals surface area contributed by atoms with Crippen LogP contribution >= 0.6 is 22.9 Å². The zero-order valence-corrected chi connectivity index (χ0v) is 12.5. The van der Waals surface area contributed by atoms with Crippen molar-refractivity contribution in [1.82, 2.24) is 10.3 Å². The lowest BCUT2D eigenvalue weighted by Gasteiger charge is -2.09. The van der Waals surface area contributed by atoms with Gasteiger partial charge in [0, 0.05) is 23.2 Å². The lowest BCUT2D eigenvalue weighted by atomic mass is 9.97. The van der Waals surface area contributed by atoms with Crippen LogP contribution in [0.2, 0.25) is 4.47 Å². The van der Waals surface area contributed by atoms with Gasteiger partial charge in [-0.1, -0.05) is 23.7 Å². The summed E-state index contributed by atoms with van der Waals surface area (Å²) in [4.78, 5) is 27.8. The molecule has 0 radical (unpaired) electrons. The molecule has 1 aromatic heterocycles. The summed E-state index contributed by atoms with van der Waals surface area (Å²) in [5, 5.41) is 5.57. The first kappa shape index (κ1) is 14.0. The molecule has 1 aromatic carbocycles. The van der Waals surface area contributed by atoms with Crippen molar-refractivity contribution in [2.75, 3.05) is 5.32 Å². The van der Waals surface area contributed by atoms with Crippen molar-refractivity contribution >= 4 is 40.4 Å². The van der Waals surface area contributed by atoms with E-state index in [1.165, 1.54) is 11.3 Å². The highest BCUT2D eigenvalue weighted by Crippen LogP contribution is 2.26. The van der Waals surface area contributed by atoms with Crippen LogP contribution in [0.3, 0.4) is 0 Å². The van der Waals surface area contributed by atoms with Crippen LogP contribution in [0.4, 0.5) is 5.69 Å². The molecule has 1 unspecified atom stereocenters. The van der Waals surface area contributed by atoms with E-state index in [1.54, 1.807) is 6.20 Å². The van der Waals surface area contributed by atoms with Crippen molar-refractivity contribution < 1.29 is 9.59 Å². The van der Waals surface area contributed by atoms with E-state index in [0.717, 1.165) is 16.1 Å². The Morgan fingerprint density at radius 2 is 2.10 bits per heavy atom. The molecule has 0 aliphatic carbocycles. The Bertz CT molecular complexity index is 684. The van der Waals surface area contributed by atoms with Crippen LogP contribution in [0.15, 0.2) is 30.5 Å². The second-order valence-corrected chi connectivity index (χ2v) is 6.42. The van der Waals surface area contributed by atoms with E-state index >= 15 is 0 Å². The summed E-state index contributed by atoms with van der Waals surface area (Å²) in [6, 6.07) is 7.53. The Morgan fingerprint density at radius 1 is 1.33 bits per heavy atom. The van der Waals surface area contributed by atoms with E-state index in [9.17, 15) is 9.59 Å². The Balaban J connectivity index is 1.64. The number of rotatable bonds is 4. The van der Waals surface area contributed by atoms with Crippen molar-refractivity contribution in [3.63, 3.8) is 0 Å². The Hall–Kier alpha value is -1.92. The molecule has 0 bridgehead atoms. The number of hydrogen-bond donors (Lipinski definition) is 2. The summed E-state index contributed by atoms with van der Waals surface area (Å²) >= 11 is 7.21. The molecule has 1 atom stereocenters. The second-order valence-electron chi connectivity index (χ2n) is 4.72. The molecule has 1 saturated heterocycles. The van der Waals surface area contributed by atoms with Gasteiger partial charge in [0.2, 0.25) is 11.8 Å². The van der Waals surface area contributed by atoms with Crippen LogP contribution in [0.1, 0.15) is 22.8 Å². The molecule has 2 N–H and O–H groups in total. The molecule has 108 valence electrons. The predicted molar refractivity (Wildman–Crippen MR) is 81.4 cm³/mol. The number of imide groups is 1. The second kappa shape index (κ2) is 5.83. The van der Waals surface area contributed by atoms with E-state index in [2.05, 4.69) is 15.6 Å². The minimum atomic E-state index is -0.369. The summed E-state index contributed by atoms with van der Waals surface area (Å²) in [7, 11) is 0. The van der Waals surface area contributed by atoms with Gasteiger partial charge in [-0.15, -0.1) is 11.3 Å². The fraction of sp³-hybridized carbons (Fsp3) is 0.214. The van der Waals surface area contributed by atoms with E-state index in [-0.39, 0.29) is 24.2 Å². The number of amides is 2. The first-order valence-corrected chi connectivity index (χ1v) is 7.59. The van der Waals surface area contributed by atoms with Crippen molar-refractivity contribution in [3.05, 3.63) is 45.4 Å². The number of benzene rings is 1. The fourth-order valence-corrected chi connectivity index (χ4v) is 3.13. The maximum absolute atomic E-state index is 11.6. The minimum Gasteiger partial charge on any atom is -0.380 e. The van der Waals surface area contributed by atoms with E-state index in [1.807, 2.05) is 24.3 Å². The molecule has 5 nitrogen and oxygen atoms in total. The van der Waals surface area contributed by atoms with Crippen molar-refractivity contribution in [1.29, 1.82) is 0 Å². The molecule has 2 amide bonds. The van der Waals surface area contributed by atoms with Gasteiger partial charge < -0.3 is 5.32 Å². The average Bonchev–Trinajstić information content (AvgIpc) is 3.03. The zero-order chi connectivity index (χ0) is 14.8. The van der Waals surface area contributed by atoms with Crippen molar-refractivity contribution in [3.8, 4) is 0 Å². The van der Waals surface area contributed by atoms with Crippen molar-refractivity contribution in [2.24, 2.45) is 0 Å². The molecule has 0 spiro atoms. The van der Waals surface area contributed by atoms with E-state index < -0.39 is 0 Å². The molecular weight excluding hydrogens is 310 g/mol. The number of thiazole rings is 1. The standard InChI is InChI=1S/C14H12ClN3O2S/c15-14-17-7-10(21-14)6-16-9-3-1-8(2-4-9)11-5-12(19)18-13(11)20/h1-4,7,11,16H,5-6H2,(H,18,19,20). The van der Waals surface area contributed by atoms with Gasteiger partial charge in [0.15, 0.2) is 4.47 Å². The molecule has 2 heterocycles. The number of nitrogens with zero attached hydrogens (tertiary/aromatic N) is 1. The van der Waals surface area contributed by atoms with E-state index in [0.29, 0.717) is 11.0 Å². The van der Waals surface area contributed by atoms with Crippen LogP contribution in [0.25, 0.3) is 0 Å². The number of hydrogen-bond acceptors (Lipinski definition) is 5. The summed E-state index contributed by atoms with van der Waals surface area (Å²) in [6.07, 6.45) is 1.97. The molecule has 0 saturated carbocycles. The molecular formula is C14H12ClN3O2S. The smallest absolute Gasteiger partial charge is 0.234 e. The highest BCUT2D eigenvalue weighted by molar-refractivity contribution is 7.15. The third kappa shape index (κ3) is 3.22. The number of halogens is 1. The first-order chi connectivity index (χ1) is 10.1. The first-order valence-electron chi connectivity index (χ1n) is 6.39. The third-order valence-corrected chi connectivity index (χ3v) is 4.39. The van der Waals surface area contributed by atoms with Crippen molar-refractivity contribution in [2.45, 2.75) is 18.9 Å². The highest BCUT2D eigenvalue weighted by atomic mass is 35.5. The maximum atomic E-state index is 11.6. The van der Waals surface area contributed by atoms with Gasteiger partial charge in [-0.05, 0) is 17.7 Å². The molecule has 3 rings (SSSR count). The number of nitrogens with one attached hydrogen (secondary N) is 2. The average molecular weight is 322 g/mol. The van der Waals surface area contributed by atoms with Crippen LogP contribution in [0, 0.1) is 0 Å². The van der Waals surface area contributed by atoms with Crippen LogP contribution < -0.4 is 10.6 Å². The van der Waals surface area contributed by atoms with Crippen LogP contribution in [-0.4, -0.2) is 16.8 Å². The largest absolute Gasteiger partial charge is 0.380 e. The zero-order valence-electron chi connectivity index (χ0n) is 10.9. The van der Waals surface area contributed by atoms with Gasteiger partial charge in [-0.25, -0.2) is 4.98 Å². The number of aromatic nitrogens is 1. The van der Waals surface area contributed by atoms with Gasteiger partial charge in [-0.2, -0.15) is 0 Å². The maximum Gasteiger partial charge on any atom is 0.234 e. The monoisotopic (exact) mass is 321 g/mol. The van der Waals surface area contributed by atoms with E-state index in [4.69, 9.17) is 11.6 Å². The van der Waals surface area contributed by atoms with Crippen LogP contribution in [0.5, 0.6) is 0 Å². The van der Waals surface area contributed by atoms with Gasteiger partial charge in [0.05, 0.1) is 12.5 Å². The summed E-state index contributed by atoms with van der Waals surface area (Å²) in [5.41, 5.74) is 1.79. The number of carbonyl (C=O) groups is 2. The van der Waals surface area contributed by atoms with Gasteiger partial charge in [0.25, 0.3) is 0 Å². The fourth-order valence-electron chi connectivity index (χ4n) is 2.21. The quantitative estimate of drug-likeness (QED) is 0.849. The normalized spacial score (nSPS) is 17.9. The predicted octanol–water partition coefficient (Wildman–Crippen LogP) is 2.54. The van der Waals surface area contributed by atoms with Gasteiger partial charge in [0.1, 0.15) is 0 Å². The number of anilines is 1. The molecule has 1 aliphatic rings. The summed E-state index contributed by atoms with van der Waals surface area (Å²) in [6.45, 7) is 0.645. The van der Waals surface area contributed by atoms with Gasteiger partial charge >= 0.3 is 0 Å². The van der Waals surface area contributed by atoms with Gasteiger partial charge in [-0.3, -0.25) is 14.9 Å². The van der Waals surface area contributed by atoms with Crippen LogP contribution in [-0.2, 0) is 16.1 Å². The number of carbonyl (C=O) groups excluding carboxylic acids is 2. The molecule has 1 aliphatic heterocycles. The Labute approximate surface area is 130 Å². The Morgan fingerprint density at radius 3 is 2.67 bits per heavy atom. The summed E-state index contributed by atoms with van der Waals surface area (Å²) in [5.74, 6) is -0.805. The summed E-state index contributed by atoms with van der Waals surface area (Å²) < 4.78 is 0.527. The molecule has 7 heteroatoms. The molecule has 2 aromatic rings. The third-order valence-electron chi connectivity index (χ3n) is 3.27. The molecule has 21 heavy (non-hydrogen) atoms. The lowest BCUT2D eigenvalue weighted by molar-refractivity contribution is -0.125. The topological polar surface area (TPSA) is 71.1 Å². The Kier molecular flexibility index (Phi) is 3.90. The highest BCUT2D eigenvalue weighted by Gasteiger charge is 2.31. The molecule has 1 fully saturated rings. The lowest BCUT2D eigenvalue weighted by Crippen LogP contribution is -2.21.